The van der Waals surface area contributed by atoms with Gasteiger partial charge in [-0.25, -0.2) is 4.39 Å². The minimum absolute atomic E-state index is 0.0424. The molecule has 3 rings (SSSR count). The number of nitrogens with zero attached hydrogens (tertiary/aromatic N) is 1. The smallest absolute Gasteiger partial charge is 0.307 e. The molecular formula is C18H20FNO4. The van der Waals surface area contributed by atoms with E-state index >= 15 is 0 Å². The van der Waals surface area contributed by atoms with E-state index < -0.39 is 11.8 Å². The van der Waals surface area contributed by atoms with Gasteiger partial charge in [0.15, 0.2) is 0 Å². The van der Waals surface area contributed by atoms with Crippen LogP contribution in [0.3, 0.4) is 0 Å². The van der Waals surface area contributed by atoms with E-state index in [0.717, 1.165) is 25.7 Å². The van der Waals surface area contributed by atoms with Gasteiger partial charge in [-0.1, -0.05) is 31.0 Å². The summed E-state index contributed by atoms with van der Waals surface area (Å²) in [5, 5.41) is 0. The number of ether oxygens (including phenoxy) is 1. The Kier molecular flexibility index (Phi) is 4.92. The van der Waals surface area contributed by atoms with Crippen LogP contribution >= 0.6 is 0 Å². The Balaban J connectivity index is 1.50. The minimum atomic E-state index is -0.547. The standard InChI is InChI=1S/C18H20FNO4/c19-15-8-4-1-5-12(15)11-24-16(21)9-10-20-17(22)13-6-2-3-7-14(13)18(20)23/h1,4-5,8,13-14H,2-3,6-7,9-11H2. The molecule has 1 aromatic rings. The Morgan fingerprint density at radius 2 is 1.75 bits per heavy atom. The summed E-state index contributed by atoms with van der Waals surface area (Å²) in [6.45, 7) is -0.112. The zero-order valence-corrected chi connectivity index (χ0v) is 13.4. The number of hydrogen-bond acceptors (Lipinski definition) is 4. The second-order valence-electron chi connectivity index (χ2n) is 6.33. The minimum Gasteiger partial charge on any atom is -0.461 e. The molecule has 2 unspecified atom stereocenters. The highest BCUT2D eigenvalue weighted by molar-refractivity contribution is 6.05. The summed E-state index contributed by atoms with van der Waals surface area (Å²) in [5.74, 6) is -1.72. The fourth-order valence-electron chi connectivity index (χ4n) is 3.50. The van der Waals surface area contributed by atoms with Crippen LogP contribution in [0.2, 0.25) is 0 Å². The monoisotopic (exact) mass is 333 g/mol. The van der Waals surface area contributed by atoms with Crippen LogP contribution in [0.15, 0.2) is 24.3 Å². The van der Waals surface area contributed by atoms with Gasteiger partial charge in [0, 0.05) is 12.1 Å². The molecule has 0 bridgehead atoms. The molecule has 2 aliphatic rings. The summed E-state index contributed by atoms with van der Waals surface area (Å²) < 4.78 is 18.5. The van der Waals surface area contributed by atoms with Gasteiger partial charge < -0.3 is 4.74 Å². The first-order chi connectivity index (χ1) is 11.6. The van der Waals surface area contributed by atoms with E-state index in [4.69, 9.17) is 4.74 Å². The molecule has 1 aliphatic carbocycles. The molecule has 0 radical (unpaired) electrons. The topological polar surface area (TPSA) is 63.7 Å². The van der Waals surface area contributed by atoms with E-state index in [9.17, 15) is 18.8 Å². The van der Waals surface area contributed by atoms with Crippen LogP contribution in [0.25, 0.3) is 0 Å². The molecule has 1 heterocycles. The van der Waals surface area contributed by atoms with Gasteiger partial charge in [-0.2, -0.15) is 0 Å². The molecule has 128 valence electrons. The van der Waals surface area contributed by atoms with Crippen LogP contribution < -0.4 is 0 Å². The zero-order chi connectivity index (χ0) is 17.1. The number of likely N-dealkylation sites (tertiary alicyclic amines) is 1. The molecule has 2 atom stereocenters. The van der Waals surface area contributed by atoms with E-state index in [2.05, 4.69) is 0 Å². The Morgan fingerprint density at radius 1 is 1.12 bits per heavy atom. The van der Waals surface area contributed by atoms with Crippen molar-refractivity contribution < 1.29 is 23.5 Å². The Bertz CT molecular complexity index is 636. The van der Waals surface area contributed by atoms with E-state index in [1.807, 2.05) is 0 Å². The molecule has 1 aliphatic heterocycles. The second kappa shape index (κ2) is 7.11. The first-order valence-electron chi connectivity index (χ1n) is 8.32. The average Bonchev–Trinajstić information content (AvgIpc) is 2.84. The lowest BCUT2D eigenvalue weighted by atomic mass is 9.81. The number of rotatable bonds is 5. The largest absolute Gasteiger partial charge is 0.461 e. The van der Waals surface area contributed by atoms with Crippen molar-refractivity contribution >= 4 is 17.8 Å². The van der Waals surface area contributed by atoms with Crippen LogP contribution in [0.1, 0.15) is 37.7 Å². The Hall–Kier alpha value is -2.24. The maximum Gasteiger partial charge on any atom is 0.307 e. The first-order valence-corrected chi connectivity index (χ1v) is 8.32. The van der Waals surface area contributed by atoms with Gasteiger partial charge in [0.25, 0.3) is 0 Å². The number of halogens is 1. The van der Waals surface area contributed by atoms with Crippen molar-refractivity contribution in [2.45, 2.75) is 38.7 Å². The molecule has 24 heavy (non-hydrogen) atoms. The van der Waals surface area contributed by atoms with Crippen LogP contribution in [0.5, 0.6) is 0 Å². The maximum atomic E-state index is 13.5. The third kappa shape index (κ3) is 3.32. The Morgan fingerprint density at radius 3 is 2.38 bits per heavy atom. The fraction of sp³-hybridized carbons (Fsp3) is 0.500. The van der Waals surface area contributed by atoms with Gasteiger partial charge >= 0.3 is 5.97 Å². The lowest BCUT2D eigenvalue weighted by molar-refractivity contribution is -0.146. The summed E-state index contributed by atoms with van der Waals surface area (Å²) >= 11 is 0. The lowest BCUT2D eigenvalue weighted by Crippen LogP contribution is -2.33. The summed E-state index contributed by atoms with van der Waals surface area (Å²) in [5.41, 5.74) is 0.296. The molecule has 0 N–H and O–H groups in total. The predicted octanol–water partition coefficient (Wildman–Crippen LogP) is 2.43. The van der Waals surface area contributed by atoms with Crippen molar-refractivity contribution in [3.8, 4) is 0 Å². The van der Waals surface area contributed by atoms with Crippen molar-refractivity contribution in [3.05, 3.63) is 35.6 Å². The molecule has 5 nitrogen and oxygen atoms in total. The van der Waals surface area contributed by atoms with Crippen molar-refractivity contribution in [3.63, 3.8) is 0 Å². The van der Waals surface area contributed by atoms with E-state index in [0.29, 0.717) is 5.56 Å². The van der Waals surface area contributed by atoms with Gasteiger partial charge in [-0.3, -0.25) is 19.3 Å². The molecule has 0 aromatic heterocycles. The molecule has 2 fully saturated rings. The van der Waals surface area contributed by atoms with Crippen LogP contribution in [-0.2, 0) is 25.7 Å². The molecule has 6 heteroatoms. The van der Waals surface area contributed by atoms with Gasteiger partial charge in [0.05, 0.1) is 18.3 Å². The number of benzene rings is 1. The van der Waals surface area contributed by atoms with Crippen molar-refractivity contribution in [2.75, 3.05) is 6.54 Å². The highest BCUT2D eigenvalue weighted by Crippen LogP contribution is 2.37. The molecule has 0 spiro atoms. The Labute approximate surface area is 139 Å². The summed E-state index contributed by atoms with van der Waals surface area (Å²) in [6.07, 6.45) is 3.38. The highest BCUT2D eigenvalue weighted by atomic mass is 19.1. The molecule has 1 aromatic carbocycles. The summed E-state index contributed by atoms with van der Waals surface area (Å²) in [7, 11) is 0. The normalized spacial score (nSPS) is 23.3. The summed E-state index contributed by atoms with van der Waals surface area (Å²) in [6, 6.07) is 6.06. The van der Waals surface area contributed by atoms with Crippen LogP contribution in [-0.4, -0.2) is 29.2 Å². The van der Waals surface area contributed by atoms with E-state index in [1.165, 1.54) is 11.0 Å². The highest BCUT2D eigenvalue weighted by Gasteiger charge is 2.47. The third-order valence-electron chi connectivity index (χ3n) is 4.82. The van der Waals surface area contributed by atoms with Gasteiger partial charge in [-0.15, -0.1) is 0 Å². The number of imide groups is 1. The molecule has 2 amide bonds. The van der Waals surface area contributed by atoms with Crippen LogP contribution in [0.4, 0.5) is 4.39 Å². The van der Waals surface area contributed by atoms with Crippen molar-refractivity contribution in [1.29, 1.82) is 0 Å². The number of amides is 2. The lowest BCUT2D eigenvalue weighted by Gasteiger charge is -2.19. The predicted molar refractivity (Wildman–Crippen MR) is 83.0 cm³/mol. The fourth-order valence-corrected chi connectivity index (χ4v) is 3.50. The quantitative estimate of drug-likeness (QED) is 0.613. The van der Waals surface area contributed by atoms with Crippen molar-refractivity contribution in [2.24, 2.45) is 11.8 Å². The third-order valence-corrected chi connectivity index (χ3v) is 4.82. The first kappa shape index (κ1) is 16.6. The number of carbonyl (C=O) groups is 3. The van der Waals surface area contributed by atoms with Crippen molar-refractivity contribution in [1.82, 2.24) is 4.90 Å². The average molecular weight is 333 g/mol. The second-order valence-corrected chi connectivity index (χ2v) is 6.33. The van der Waals surface area contributed by atoms with Crippen LogP contribution in [0, 0.1) is 17.7 Å². The number of carbonyl (C=O) groups excluding carboxylic acids is 3. The number of hydrogen-bond donors (Lipinski definition) is 0. The maximum absolute atomic E-state index is 13.5. The van der Waals surface area contributed by atoms with Gasteiger partial charge in [0.2, 0.25) is 11.8 Å². The van der Waals surface area contributed by atoms with Gasteiger partial charge in [0.1, 0.15) is 12.4 Å². The number of fused-ring (bicyclic) bond motifs is 1. The van der Waals surface area contributed by atoms with Gasteiger partial charge in [-0.05, 0) is 18.9 Å². The SMILES string of the molecule is O=C(CCN1C(=O)C2CCCCC2C1=O)OCc1ccccc1F. The zero-order valence-electron chi connectivity index (χ0n) is 13.4. The number of esters is 1. The molecule has 1 saturated carbocycles. The summed E-state index contributed by atoms with van der Waals surface area (Å²) in [4.78, 5) is 37.6. The molecule has 1 saturated heterocycles. The molecular weight excluding hydrogens is 313 g/mol. The van der Waals surface area contributed by atoms with E-state index in [-0.39, 0.29) is 43.2 Å². The van der Waals surface area contributed by atoms with E-state index in [1.54, 1.807) is 18.2 Å².